The van der Waals surface area contributed by atoms with Crippen LogP contribution in [0.4, 0.5) is 10.5 Å². The van der Waals surface area contributed by atoms with E-state index in [2.05, 4.69) is 10.6 Å². The van der Waals surface area contributed by atoms with Gasteiger partial charge in [-0.2, -0.15) is 0 Å². The largest absolute Gasteiger partial charge is 0.445 e. The van der Waals surface area contributed by atoms with Crippen LogP contribution in [0.2, 0.25) is 0 Å². The average molecular weight is 407 g/mol. The highest BCUT2D eigenvalue weighted by molar-refractivity contribution is 5.98. The number of anilines is 1. The third kappa shape index (κ3) is 4.97. The van der Waals surface area contributed by atoms with Crippen LogP contribution in [0.15, 0.2) is 54.6 Å². The van der Waals surface area contributed by atoms with Crippen molar-refractivity contribution in [3.63, 3.8) is 0 Å². The highest BCUT2D eigenvalue weighted by atomic mass is 16.6. The van der Waals surface area contributed by atoms with Gasteiger partial charge in [-0.15, -0.1) is 0 Å². The van der Waals surface area contributed by atoms with Gasteiger partial charge >= 0.3 is 6.09 Å². The van der Waals surface area contributed by atoms with Gasteiger partial charge < -0.3 is 15.4 Å². The molecule has 3 amide bonds. The monoisotopic (exact) mass is 407 g/mol. The summed E-state index contributed by atoms with van der Waals surface area (Å²) in [5.74, 6) is -0.349. The van der Waals surface area contributed by atoms with Crippen molar-refractivity contribution in [1.82, 2.24) is 10.2 Å². The van der Waals surface area contributed by atoms with Gasteiger partial charge in [0.15, 0.2) is 0 Å². The molecule has 2 N–H and O–H groups in total. The summed E-state index contributed by atoms with van der Waals surface area (Å²) in [6.07, 6.45) is 2.92. The smallest absolute Gasteiger partial charge is 0.410 e. The molecule has 0 radical (unpaired) electrons. The van der Waals surface area contributed by atoms with Crippen LogP contribution in [-0.4, -0.2) is 41.4 Å². The molecule has 0 unspecified atom stereocenters. The van der Waals surface area contributed by atoms with E-state index in [9.17, 15) is 14.4 Å². The predicted molar refractivity (Wildman–Crippen MR) is 112 cm³/mol. The molecule has 0 bridgehead atoms. The molecule has 156 valence electrons. The number of ether oxygens (including phenoxy) is 1. The minimum absolute atomic E-state index is 0.0986. The van der Waals surface area contributed by atoms with Crippen LogP contribution in [0, 0.1) is 0 Å². The zero-order valence-electron chi connectivity index (χ0n) is 16.7. The third-order valence-electron chi connectivity index (χ3n) is 5.32. The molecule has 1 aliphatic carbocycles. The van der Waals surface area contributed by atoms with Crippen molar-refractivity contribution >= 4 is 23.6 Å². The maximum Gasteiger partial charge on any atom is 0.410 e. The highest BCUT2D eigenvalue weighted by Gasteiger charge is 2.35. The molecule has 0 spiro atoms. The van der Waals surface area contributed by atoms with E-state index < -0.39 is 12.1 Å². The number of benzene rings is 2. The van der Waals surface area contributed by atoms with Crippen molar-refractivity contribution in [3.8, 4) is 0 Å². The lowest BCUT2D eigenvalue weighted by Crippen LogP contribution is -2.43. The lowest BCUT2D eigenvalue weighted by Gasteiger charge is -2.23. The van der Waals surface area contributed by atoms with Gasteiger partial charge in [-0.3, -0.25) is 14.5 Å². The predicted octanol–water partition coefficient (Wildman–Crippen LogP) is 3.32. The highest BCUT2D eigenvalue weighted by Crippen LogP contribution is 2.22. The molecule has 4 rings (SSSR count). The minimum Gasteiger partial charge on any atom is -0.445 e. The number of hydrogen-bond acceptors (Lipinski definition) is 4. The number of likely N-dealkylation sites (tertiary alicyclic amines) is 1. The maximum absolute atomic E-state index is 12.7. The molecule has 1 heterocycles. The fourth-order valence-electron chi connectivity index (χ4n) is 3.49. The number of nitrogens with one attached hydrogen (secondary N) is 2. The van der Waals surface area contributed by atoms with Crippen molar-refractivity contribution in [2.24, 2.45) is 0 Å². The van der Waals surface area contributed by atoms with E-state index in [4.69, 9.17) is 4.74 Å². The number of carbonyl (C=O) groups is 3. The molecule has 7 heteroatoms. The Morgan fingerprint density at radius 1 is 0.967 bits per heavy atom. The van der Waals surface area contributed by atoms with Gasteiger partial charge in [0.2, 0.25) is 5.91 Å². The standard InChI is InChI=1S/C23H25N3O4/c27-21(24-19-12-13-19)17-8-10-18(11-9-17)25-22(28)20-7-4-14-26(20)23(29)30-15-16-5-2-1-3-6-16/h1-3,5-6,8-11,19-20H,4,7,12-15H2,(H,24,27)(H,25,28)/t20-/m0/s1. The summed E-state index contributed by atoms with van der Waals surface area (Å²) in [7, 11) is 0. The first-order valence-corrected chi connectivity index (χ1v) is 10.3. The third-order valence-corrected chi connectivity index (χ3v) is 5.32. The van der Waals surface area contributed by atoms with Gasteiger partial charge in [-0.1, -0.05) is 30.3 Å². The van der Waals surface area contributed by atoms with Gasteiger partial charge in [0.1, 0.15) is 12.6 Å². The molecule has 1 atom stereocenters. The van der Waals surface area contributed by atoms with E-state index >= 15 is 0 Å². The van der Waals surface area contributed by atoms with E-state index in [1.807, 2.05) is 30.3 Å². The Balaban J connectivity index is 1.31. The van der Waals surface area contributed by atoms with E-state index in [1.165, 1.54) is 4.90 Å². The second-order valence-corrected chi connectivity index (χ2v) is 7.71. The molecule has 1 saturated heterocycles. The quantitative estimate of drug-likeness (QED) is 0.769. The van der Waals surface area contributed by atoms with Crippen LogP contribution >= 0.6 is 0 Å². The van der Waals surface area contributed by atoms with Gasteiger partial charge in [0, 0.05) is 23.8 Å². The van der Waals surface area contributed by atoms with Crippen molar-refractivity contribution < 1.29 is 19.1 Å². The number of rotatable bonds is 6. The first-order chi connectivity index (χ1) is 14.6. The fraction of sp³-hybridized carbons (Fsp3) is 0.348. The molecular weight excluding hydrogens is 382 g/mol. The zero-order chi connectivity index (χ0) is 20.9. The molecule has 1 aliphatic heterocycles. The lowest BCUT2D eigenvalue weighted by molar-refractivity contribution is -0.120. The van der Waals surface area contributed by atoms with E-state index in [0.29, 0.717) is 30.3 Å². The van der Waals surface area contributed by atoms with Gasteiger partial charge in [-0.25, -0.2) is 4.79 Å². The van der Waals surface area contributed by atoms with Crippen LogP contribution in [-0.2, 0) is 16.1 Å². The molecule has 30 heavy (non-hydrogen) atoms. The summed E-state index contributed by atoms with van der Waals surface area (Å²) in [6.45, 7) is 0.668. The summed E-state index contributed by atoms with van der Waals surface area (Å²) in [6, 6.07) is 16.0. The minimum atomic E-state index is -0.564. The van der Waals surface area contributed by atoms with Crippen LogP contribution < -0.4 is 10.6 Å². The molecule has 1 saturated carbocycles. The van der Waals surface area contributed by atoms with Crippen LogP contribution in [0.5, 0.6) is 0 Å². The zero-order valence-corrected chi connectivity index (χ0v) is 16.7. The van der Waals surface area contributed by atoms with Crippen LogP contribution in [0.25, 0.3) is 0 Å². The van der Waals surface area contributed by atoms with Gasteiger partial charge in [0.25, 0.3) is 5.91 Å². The van der Waals surface area contributed by atoms with Crippen molar-refractivity contribution in [1.29, 1.82) is 0 Å². The average Bonchev–Trinajstić information content (AvgIpc) is 3.44. The Hall–Kier alpha value is -3.35. The molecule has 7 nitrogen and oxygen atoms in total. The molecule has 2 aliphatic rings. The first kappa shape index (κ1) is 19.9. The van der Waals surface area contributed by atoms with E-state index in [0.717, 1.165) is 24.8 Å². The molecule has 0 aromatic heterocycles. The number of hydrogen-bond donors (Lipinski definition) is 2. The van der Waals surface area contributed by atoms with Gasteiger partial charge in [0.05, 0.1) is 0 Å². The van der Waals surface area contributed by atoms with Crippen LogP contribution in [0.1, 0.15) is 41.6 Å². The fourth-order valence-corrected chi connectivity index (χ4v) is 3.49. The van der Waals surface area contributed by atoms with Crippen LogP contribution in [0.3, 0.4) is 0 Å². The number of nitrogens with zero attached hydrogens (tertiary/aromatic N) is 1. The summed E-state index contributed by atoms with van der Waals surface area (Å²) < 4.78 is 5.38. The van der Waals surface area contributed by atoms with Crippen molar-refractivity contribution in [3.05, 3.63) is 65.7 Å². The van der Waals surface area contributed by atoms with Crippen molar-refractivity contribution in [2.45, 2.75) is 44.4 Å². The second-order valence-electron chi connectivity index (χ2n) is 7.71. The summed E-state index contributed by atoms with van der Waals surface area (Å²) in [5, 5.41) is 5.77. The lowest BCUT2D eigenvalue weighted by atomic mass is 10.1. The van der Waals surface area contributed by atoms with E-state index in [-0.39, 0.29) is 18.4 Å². The molecule has 2 fully saturated rings. The molecule has 2 aromatic rings. The Kier molecular flexibility index (Phi) is 5.97. The molecular formula is C23H25N3O4. The molecule has 2 aromatic carbocycles. The van der Waals surface area contributed by atoms with E-state index in [1.54, 1.807) is 24.3 Å². The summed E-state index contributed by atoms with van der Waals surface area (Å²) in [5.41, 5.74) is 2.05. The number of amides is 3. The Labute approximate surface area is 175 Å². The maximum atomic E-state index is 12.7. The summed E-state index contributed by atoms with van der Waals surface area (Å²) in [4.78, 5) is 38.8. The number of carbonyl (C=O) groups excluding carboxylic acids is 3. The Morgan fingerprint density at radius 2 is 1.70 bits per heavy atom. The first-order valence-electron chi connectivity index (χ1n) is 10.3. The topological polar surface area (TPSA) is 87.7 Å². The summed E-state index contributed by atoms with van der Waals surface area (Å²) >= 11 is 0. The Morgan fingerprint density at radius 3 is 2.40 bits per heavy atom. The van der Waals surface area contributed by atoms with Crippen molar-refractivity contribution in [2.75, 3.05) is 11.9 Å². The second kappa shape index (κ2) is 8.98. The van der Waals surface area contributed by atoms with Gasteiger partial charge in [-0.05, 0) is 55.5 Å². The SMILES string of the molecule is O=C(NC1CC1)c1ccc(NC(=O)[C@@H]2CCCN2C(=O)OCc2ccccc2)cc1. The Bertz CT molecular complexity index is 910. The normalized spacial score (nSPS) is 18.0.